The molecular formula is C52H80Cl4N14O6S3. The van der Waals surface area contributed by atoms with Gasteiger partial charge in [0.25, 0.3) is 0 Å². The molecule has 0 spiro atoms. The van der Waals surface area contributed by atoms with Crippen molar-refractivity contribution in [1.82, 2.24) is 49.4 Å². The van der Waals surface area contributed by atoms with Crippen LogP contribution in [0.5, 0.6) is 0 Å². The molecule has 3 atom stereocenters. The molecule has 3 unspecified atom stereocenters. The van der Waals surface area contributed by atoms with E-state index in [-0.39, 0.29) is 48.3 Å². The van der Waals surface area contributed by atoms with Gasteiger partial charge in [-0.1, -0.05) is 69.3 Å². The van der Waals surface area contributed by atoms with E-state index < -0.39 is 30.1 Å². The van der Waals surface area contributed by atoms with E-state index in [9.17, 15) is 25.3 Å². The number of anilines is 3. The van der Waals surface area contributed by atoms with Crippen molar-refractivity contribution < 1.29 is 25.3 Å². The summed E-state index contributed by atoms with van der Waals surface area (Å²) in [6.45, 7) is 14.8. The molecule has 6 heterocycles. The first-order chi connectivity index (χ1) is 36.3. The molecule has 3 fully saturated rings. The molecule has 6 aromatic rings. The molecule has 3 aliphatic heterocycles. The van der Waals surface area contributed by atoms with Gasteiger partial charge in [0, 0.05) is 68.0 Å². The Balaban J connectivity index is 0.000000281. The molecule has 3 saturated heterocycles. The lowest BCUT2D eigenvalue weighted by atomic mass is 9.98. The minimum atomic E-state index is -3.16. The SMILES string of the molecule is C.CC(C)N.CC(C)Nc1nc(N2CCCC(CNS(C)(=O)=O)C2)c2ccccc2n1.CS(=O)(=O)NCC1CCCN(c2nc(Cl)nc3ccccc23)C1.CS(=O)(=O)NCC1CCCNC1.Cl.Clc1nc(Cl)c2ccccc2n1. The number of nitrogens with two attached hydrogens (primary N) is 1. The van der Waals surface area contributed by atoms with Crippen LogP contribution in [0.25, 0.3) is 32.7 Å². The fourth-order valence-corrected chi connectivity index (χ4v) is 10.9. The number of rotatable bonds is 13. The minimum absolute atomic E-state index is 0. The Morgan fingerprint density at radius 2 is 0.975 bits per heavy atom. The Hall–Kier alpha value is -4.11. The normalized spacial score (nSPS) is 17.6. The Morgan fingerprint density at radius 1 is 0.582 bits per heavy atom. The number of nitrogens with one attached hydrogen (secondary N) is 5. The Morgan fingerprint density at radius 3 is 1.42 bits per heavy atom. The molecule has 27 heteroatoms. The highest BCUT2D eigenvalue weighted by Gasteiger charge is 2.26. The lowest BCUT2D eigenvalue weighted by Gasteiger charge is -2.34. The van der Waals surface area contributed by atoms with Crippen LogP contribution >= 0.6 is 47.2 Å². The van der Waals surface area contributed by atoms with Crippen molar-refractivity contribution in [2.75, 3.05) is 92.8 Å². The molecule has 7 N–H and O–H groups in total. The van der Waals surface area contributed by atoms with Gasteiger partial charge < -0.3 is 26.2 Å². The maximum Gasteiger partial charge on any atom is 0.225 e. The number of nitrogens with zero attached hydrogens (tertiary/aromatic N) is 8. The van der Waals surface area contributed by atoms with Crippen molar-refractivity contribution in [2.45, 2.75) is 85.7 Å². The molecule has 440 valence electrons. The molecule has 0 bridgehead atoms. The lowest BCUT2D eigenvalue weighted by molar-refractivity contribution is 0.376. The first-order valence-electron chi connectivity index (χ1n) is 25.7. The Bertz CT molecular complexity index is 3180. The monoisotopic (exact) mass is 1230 g/mol. The number of benzene rings is 3. The quantitative estimate of drug-likeness (QED) is 0.0470. The Labute approximate surface area is 489 Å². The molecular weight excluding hydrogens is 1150 g/mol. The summed E-state index contributed by atoms with van der Waals surface area (Å²) in [6.07, 6.45) is 9.87. The summed E-state index contributed by atoms with van der Waals surface area (Å²) in [5.74, 6) is 3.37. The zero-order valence-electron chi connectivity index (χ0n) is 45.3. The van der Waals surface area contributed by atoms with Gasteiger partial charge >= 0.3 is 0 Å². The molecule has 3 aliphatic rings. The third-order valence-electron chi connectivity index (χ3n) is 12.0. The van der Waals surface area contributed by atoms with Crippen molar-refractivity contribution in [3.05, 3.63) is 88.5 Å². The van der Waals surface area contributed by atoms with Crippen LogP contribution < -0.4 is 40.3 Å². The third-order valence-corrected chi connectivity index (χ3v) is 14.7. The van der Waals surface area contributed by atoms with Crippen LogP contribution in [0.2, 0.25) is 15.7 Å². The molecule has 9 rings (SSSR count). The summed E-state index contributed by atoms with van der Waals surface area (Å²) in [5, 5.41) is 10.1. The van der Waals surface area contributed by atoms with Gasteiger partial charge in [-0.25, -0.2) is 59.4 Å². The smallest absolute Gasteiger partial charge is 0.225 e. The fourth-order valence-electron chi connectivity index (χ4n) is 8.66. The van der Waals surface area contributed by atoms with Crippen molar-refractivity contribution in [3.8, 4) is 0 Å². The summed E-state index contributed by atoms with van der Waals surface area (Å²) in [4.78, 5) is 30.3. The molecule has 20 nitrogen and oxygen atoms in total. The average Bonchev–Trinajstić information content (AvgIpc) is 3.39. The highest BCUT2D eigenvalue weighted by molar-refractivity contribution is 7.89. The summed E-state index contributed by atoms with van der Waals surface area (Å²) in [6, 6.07) is 23.8. The van der Waals surface area contributed by atoms with Gasteiger partial charge in [-0.3, -0.25) is 0 Å². The molecule has 0 saturated carbocycles. The first-order valence-corrected chi connectivity index (χ1v) is 32.5. The second kappa shape index (κ2) is 33.1. The zero-order chi connectivity index (χ0) is 56.3. The van der Waals surface area contributed by atoms with Crippen molar-refractivity contribution in [2.24, 2.45) is 23.5 Å². The molecule has 0 amide bonds. The van der Waals surface area contributed by atoms with Crippen molar-refractivity contribution in [3.63, 3.8) is 0 Å². The highest BCUT2D eigenvalue weighted by atomic mass is 35.5. The zero-order valence-corrected chi connectivity index (χ0v) is 50.8. The summed E-state index contributed by atoms with van der Waals surface area (Å²) in [5.41, 5.74) is 7.61. The summed E-state index contributed by atoms with van der Waals surface area (Å²) < 4.78 is 74.6. The number of fused-ring (bicyclic) bond motifs is 3. The van der Waals surface area contributed by atoms with E-state index in [1.165, 1.54) is 18.8 Å². The van der Waals surface area contributed by atoms with Crippen LogP contribution in [-0.4, -0.2) is 145 Å². The number of aromatic nitrogens is 6. The van der Waals surface area contributed by atoms with Gasteiger partial charge in [0.05, 0.1) is 35.3 Å². The molecule has 3 aromatic heterocycles. The van der Waals surface area contributed by atoms with Crippen LogP contribution in [-0.2, 0) is 30.1 Å². The van der Waals surface area contributed by atoms with Gasteiger partial charge in [-0.05, 0) is 149 Å². The van der Waals surface area contributed by atoms with Crippen molar-refractivity contribution >= 4 is 128 Å². The van der Waals surface area contributed by atoms with E-state index in [0.717, 1.165) is 122 Å². The fraction of sp³-hybridized carbons (Fsp3) is 0.538. The van der Waals surface area contributed by atoms with Gasteiger partial charge in [0.1, 0.15) is 16.8 Å². The minimum Gasteiger partial charge on any atom is -0.356 e. The van der Waals surface area contributed by atoms with E-state index in [1.54, 1.807) is 0 Å². The summed E-state index contributed by atoms with van der Waals surface area (Å²) in [7, 11) is -9.33. The van der Waals surface area contributed by atoms with Crippen LogP contribution in [0.1, 0.15) is 73.6 Å². The van der Waals surface area contributed by atoms with Gasteiger partial charge in [-0.15, -0.1) is 12.4 Å². The van der Waals surface area contributed by atoms with E-state index in [0.29, 0.717) is 42.7 Å². The molecule has 3 aromatic carbocycles. The standard InChI is InChI=1S/C18H27N5O2S.C15H19ClN4O2S.C8H4Cl2N2.C7H16N2O2S.C3H9N.CH4.ClH/c1-13(2)20-18-21-16-9-5-4-8-15(16)17(22-18)23-10-6-7-14(12-23)11-19-26(3,24)25;1-23(21,22)17-9-11-5-4-8-20(10-11)14-12-6-2-3-7-13(12)18-15(16)19-14;9-7-5-3-1-2-4-6(5)11-8(10)12-7;1-12(10,11)9-6-7-3-2-4-8-5-7;1-3(2)4;;/h4-5,8-9,13-14,19H,6-7,10-12H2,1-3H3,(H,20,21,22);2-3,6-7,11,17H,4-5,8-10H2,1H3;1-4H;7-9H,2-6H2,1H3;3H,4H2,1-2H3;1H4;1H. The predicted octanol–water partition coefficient (Wildman–Crippen LogP) is 8.15. The third kappa shape index (κ3) is 25.3. The topological polar surface area (TPSA) is 272 Å². The predicted molar refractivity (Wildman–Crippen MR) is 330 cm³/mol. The van der Waals surface area contributed by atoms with Crippen molar-refractivity contribution in [1.29, 1.82) is 0 Å². The average molecular weight is 1240 g/mol. The molecule has 0 aliphatic carbocycles. The largest absolute Gasteiger partial charge is 0.356 e. The van der Waals surface area contributed by atoms with Gasteiger partial charge in [0.15, 0.2) is 0 Å². The Kier molecular flexibility index (Phi) is 29.0. The maximum atomic E-state index is 11.4. The van der Waals surface area contributed by atoms with E-state index in [2.05, 4.69) is 73.4 Å². The molecule has 79 heavy (non-hydrogen) atoms. The highest BCUT2D eigenvalue weighted by Crippen LogP contribution is 2.31. The van der Waals surface area contributed by atoms with Crippen LogP contribution in [0.15, 0.2) is 72.8 Å². The van der Waals surface area contributed by atoms with E-state index in [4.69, 9.17) is 45.5 Å². The number of halogens is 4. The van der Waals surface area contributed by atoms with Gasteiger partial charge in [0.2, 0.25) is 46.6 Å². The second-order valence-corrected chi connectivity index (χ2v) is 26.6. The number of para-hydroxylation sites is 3. The molecule has 0 radical (unpaired) electrons. The van der Waals surface area contributed by atoms with Gasteiger partial charge in [-0.2, -0.15) is 9.97 Å². The van der Waals surface area contributed by atoms with E-state index >= 15 is 0 Å². The second-order valence-electron chi connectivity index (χ2n) is 20.0. The lowest BCUT2D eigenvalue weighted by Crippen LogP contribution is -2.41. The van der Waals surface area contributed by atoms with E-state index in [1.807, 2.05) is 86.6 Å². The summed E-state index contributed by atoms with van der Waals surface area (Å²) >= 11 is 17.5. The van der Waals surface area contributed by atoms with Crippen LogP contribution in [0.3, 0.4) is 0 Å². The number of hydrogen-bond donors (Lipinski definition) is 6. The van der Waals surface area contributed by atoms with Crippen LogP contribution in [0.4, 0.5) is 17.6 Å². The number of hydrogen-bond acceptors (Lipinski definition) is 17. The number of piperidine rings is 3. The van der Waals surface area contributed by atoms with Crippen LogP contribution in [0, 0.1) is 17.8 Å². The number of sulfonamides is 3. The maximum absolute atomic E-state index is 11.4. The first kappa shape index (κ1) is 69.2.